The summed E-state index contributed by atoms with van der Waals surface area (Å²) in [5.41, 5.74) is 2.44. The van der Waals surface area contributed by atoms with E-state index in [4.69, 9.17) is 0 Å². The molecule has 0 saturated heterocycles. The first-order chi connectivity index (χ1) is 9.86. The first kappa shape index (κ1) is 13.3. The van der Waals surface area contributed by atoms with E-state index in [1.54, 1.807) is 0 Å². The lowest BCUT2D eigenvalue weighted by molar-refractivity contribution is 0.00523. The number of benzene rings is 2. The summed E-state index contributed by atoms with van der Waals surface area (Å²) in [6.45, 7) is 0.325. The molecule has 1 fully saturated rings. The first-order valence-electron chi connectivity index (χ1n) is 7.18. The number of hydrogen-bond acceptors (Lipinski definition) is 2. The molecule has 2 nitrogen and oxygen atoms in total. The van der Waals surface area contributed by atoms with Gasteiger partial charge in [0.25, 0.3) is 0 Å². The third-order valence-corrected chi connectivity index (χ3v) is 4.64. The fourth-order valence-corrected chi connectivity index (χ4v) is 3.73. The van der Waals surface area contributed by atoms with Crippen LogP contribution in [-0.4, -0.2) is 23.4 Å². The SMILES string of the molecule is OCC1C(c2ccccc2)C(CO)C1c1ccccc1. The first-order valence-corrected chi connectivity index (χ1v) is 7.18. The summed E-state index contributed by atoms with van der Waals surface area (Å²) in [4.78, 5) is 0. The van der Waals surface area contributed by atoms with Crippen molar-refractivity contribution >= 4 is 0 Å². The van der Waals surface area contributed by atoms with Crippen LogP contribution in [0.25, 0.3) is 0 Å². The maximum atomic E-state index is 9.78. The Morgan fingerprint density at radius 2 is 0.950 bits per heavy atom. The maximum absolute atomic E-state index is 9.78. The Labute approximate surface area is 119 Å². The minimum absolute atomic E-state index is 0.162. The van der Waals surface area contributed by atoms with E-state index in [0.717, 1.165) is 0 Å². The lowest BCUT2D eigenvalue weighted by atomic mass is 9.53. The summed E-state index contributed by atoms with van der Waals surface area (Å²) in [5.74, 6) is 0.877. The van der Waals surface area contributed by atoms with Crippen LogP contribution in [0, 0.1) is 11.8 Å². The van der Waals surface area contributed by atoms with Gasteiger partial charge < -0.3 is 10.2 Å². The summed E-state index contributed by atoms with van der Waals surface area (Å²) in [5, 5.41) is 19.6. The normalized spacial score (nSPS) is 28.9. The summed E-state index contributed by atoms with van der Waals surface area (Å²) >= 11 is 0. The second-order valence-corrected chi connectivity index (χ2v) is 5.57. The van der Waals surface area contributed by atoms with Crippen molar-refractivity contribution < 1.29 is 10.2 Å². The van der Waals surface area contributed by atoms with Gasteiger partial charge in [-0.3, -0.25) is 0 Å². The lowest BCUT2D eigenvalue weighted by Gasteiger charge is -2.51. The fraction of sp³-hybridized carbons (Fsp3) is 0.333. The Balaban J connectivity index is 1.91. The van der Waals surface area contributed by atoms with Crippen molar-refractivity contribution in [3.05, 3.63) is 71.8 Å². The zero-order valence-electron chi connectivity index (χ0n) is 11.4. The smallest absolute Gasteiger partial charge is 0.0471 e. The van der Waals surface area contributed by atoms with E-state index in [1.165, 1.54) is 11.1 Å². The van der Waals surface area contributed by atoms with E-state index >= 15 is 0 Å². The van der Waals surface area contributed by atoms with Crippen LogP contribution in [0.5, 0.6) is 0 Å². The number of aliphatic hydroxyl groups excluding tert-OH is 2. The van der Waals surface area contributed by atoms with Gasteiger partial charge in [-0.25, -0.2) is 0 Å². The molecule has 3 rings (SSSR count). The molecular formula is C18H20O2. The molecule has 1 saturated carbocycles. The van der Waals surface area contributed by atoms with Gasteiger partial charge in [-0.1, -0.05) is 60.7 Å². The molecule has 2 N–H and O–H groups in total. The van der Waals surface area contributed by atoms with Crippen molar-refractivity contribution in [2.75, 3.05) is 13.2 Å². The van der Waals surface area contributed by atoms with Gasteiger partial charge in [0.15, 0.2) is 0 Å². The van der Waals surface area contributed by atoms with Crippen LogP contribution in [0.4, 0.5) is 0 Å². The molecule has 0 unspecified atom stereocenters. The predicted octanol–water partition coefficient (Wildman–Crippen LogP) is 2.78. The largest absolute Gasteiger partial charge is 0.396 e. The van der Waals surface area contributed by atoms with Gasteiger partial charge in [-0.2, -0.15) is 0 Å². The minimum Gasteiger partial charge on any atom is -0.396 e. The highest BCUT2D eigenvalue weighted by Crippen LogP contribution is 2.56. The molecule has 1 aliphatic carbocycles. The van der Waals surface area contributed by atoms with Gasteiger partial charge in [0.1, 0.15) is 0 Å². The van der Waals surface area contributed by atoms with Gasteiger partial charge in [0.05, 0.1) is 0 Å². The van der Waals surface area contributed by atoms with Crippen LogP contribution < -0.4 is 0 Å². The molecule has 0 spiro atoms. The highest BCUT2D eigenvalue weighted by molar-refractivity contribution is 5.33. The quantitative estimate of drug-likeness (QED) is 0.895. The summed E-state index contributed by atoms with van der Waals surface area (Å²) in [6, 6.07) is 20.5. The fourth-order valence-electron chi connectivity index (χ4n) is 3.73. The second-order valence-electron chi connectivity index (χ2n) is 5.57. The summed E-state index contributed by atoms with van der Waals surface area (Å²) in [6.07, 6.45) is 0. The summed E-state index contributed by atoms with van der Waals surface area (Å²) < 4.78 is 0. The zero-order chi connectivity index (χ0) is 13.9. The molecule has 104 valence electrons. The summed E-state index contributed by atoms with van der Waals surface area (Å²) in [7, 11) is 0. The molecule has 0 radical (unpaired) electrons. The average molecular weight is 268 g/mol. The molecule has 0 atom stereocenters. The number of hydrogen-bond donors (Lipinski definition) is 2. The zero-order valence-corrected chi connectivity index (χ0v) is 11.4. The van der Waals surface area contributed by atoms with E-state index in [-0.39, 0.29) is 36.9 Å². The average Bonchev–Trinajstić information content (AvgIpc) is 2.49. The monoisotopic (exact) mass is 268 g/mol. The Hall–Kier alpha value is -1.64. The highest BCUT2D eigenvalue weighted by Gasteiger charge is 2.50. The van der Waals surface area contributed by atoms with Crippen LogP contribution in [0.2, 0.25) is 0 Å². The molecule has 2 aromatic rings. The van der Waals surface area contributed by atoms with E-state index in [2.05, 4.69) is 24.3 Å². The minimum atomic E-state index is 0.162. The molecule has 1 aliphatic rings. The van der Waals surface area contributed by atoms with Crippen molar-refractivity contribution in [3.63, 3.8) is 0 Å². The van der Waals surface area contributed by atoms with E-state index in [1.807, 2.05) is 36.4 Å². The van der Waals surface area contributed by atoms with Crippen LogP contribution in [-0.2, 0) is 0 Å². The van der Waals surface area contributed by atoms with Crippen molar-refractivity contribution in [2.24, 2.45) is 11.8 Å². The van der Waals surface area contributed by atoms with E-state index in [9.17, 15) is 10.2 Å². The van der Waals surface area contributed by atoms with Crippen LogP contribution in [0.3, 0.4) is 0 Å². The topological polar surface area (TPSA) is 40.5 Å². The van der Waals surface area contributed by atoms with Crippen molar-refractivity contribution in [2.45, 2.75) is 11.8 Å². The molecule has 0 amide bonds. The lowest BCUT2D eigenvalue weighted by Crippen LogP contribution is -2.46. The Morgan fingerprint density at radius 1 is 0.600 bits per heavy atom. The molecule has 0 aliphatic heterocycles. The third kappa shape index (κ3) is 2.15. The molecular weight excluding hydrogens is 248 g/mol. The standard InChI is InChI=1S/C18H20O2/c19-11-15-17(13-7-3-1-4-8-13)16(12-20)18(15)14-9-5-2-6-10-14/h1-10,15-20H,11-12H2. The highest BCUT2D eigenvalue weighted by atomic mass is 16.3. The Bertz CT molecular complexity index is 478. The van der Waals surface area contributed by atoms with E-state index < -0.39 is 0 Å². The molecule has 20 heavy (non-hydrogen) atoms. The Kier molecular flexibility index (Phi) is 3.86. The number of rotatable bonds is 4. The molecule has 2 aromatic carbocycles. The van der Waals surface area contributed by atoms with Crippen molar-refractivity contribution in [3.8, 4) is 0 Å². The second kappa shape index (κ2) is 5.78. The Morgan fingerprint density at radius 3 is 1.25 bits per heavy atom. The molecule has 0 aromatic heterocycles. The third-order valence-electron chi connectivity index (χ3n) is 4.64. The van der Waals surface area contributed by atoms with Gasteiger partial charge >= 0.3 is 0 Å². The van der Waals surface area contributed by atoms with E-state index in [0.29, 0.717) is 0 Å². The van der Waals surface area contributed by atoms with Gasteiger partial charge in [0.2, 0.25) is 0 Å². The van der Waals surface area contributed by atoms with Crippen LogP contribution in [0.1, 0.15) is 23.0 Å². The molecule has 0 heterocycles. The molecule has 0 bridgehead atoms. The van der Waals surface area contributed by atoms with Gasteiger partial charge in [0, 0.05) is 13.2 Å². The van der Waals surface area contributed by atoms with Gasteiger partial charge in [-0.15, -0.1) is 0 Å². The predicted molar refractivity (Wildman–Crippen MR) is 79.5 cm³/mol. The van der Waals surface area contributed by atoms with Gasteiger partial charge in [-0.05, 0) is 34.8 Å². The van der Waals surface area contributed by atoms with Crippen LogP contribution in [0.15, 0.2) is 60.7 Å². The van der Waals surface area contributed by atoms with Crippen molar-refractivity contribution in [1.82, 2.24) is 0 Å². The molecule has 2 heteroatoms. The van der Waals surface area contributed by atoms with Crippen LogP contribution >= 0.6 is 0 Å². The number of aliphatic hydroxyl groups is 2. The maximum Gasteiger partial charge on any atom is 0.0471 e. The van der Waals surface area contributed by atoms with Crippen molar-refractivity contribution in [1.29, 1.82) is 0 Å².